The van der Waals surface area contributed by atoms with Crippen molar-refractivity contribution >= 4 is 11.6 Å². The zero-order valence-electron chi connectivity index (χ0n) is 36.8. The molecule has 2 N–H and O–H groups in total. The summed E-state index contributed by atoms with van der Waals surface area (Å²) in [4.78, 5) is 23.2. The first-order chi connectivity index (χ1) is 31.9. The largest absolute Gasteiger partial charge is 0.489 e. The second-order valence-corrected chi connectivity index (χ2v) is 17.8. The number of benzene rings is 4. The summed E-state index contributed by atoms with van der Waals surface area (Å²) in [5.41, 5.74) is 4.88. The fourth-order valence-electron chi connectivity index (χ4n) is 10.4. The van der Waals surface area contributed by atoms with E-state index in [9.17, 15) is 19.4 Å². The minimum Gasteiger partial charge on any atom is -0.489 e. The molecule has 12 heteroatoms. The number of ether oxygens (including phenoxy) is 5. The second kappa shape index (κ2) is 20.2. The minimum absolute atomic E-state index is 0.0197. The molecule has 2 saturated carbocycles. The number of aliphatic hydroxyl groups is 2. The quantitative estimate of drug-likeness (QED) is 0.0478. The molecule has 0 saturated heterocycles. The van der Waals surface area contributed by atoms with Crippen molar-refractivity contribution in [1.29, 1.82) is 0 Å². The van der Waals surface area contributed by atoms with Gasteiger partial charge in [-0.05, 0) is 103 Å². The highest BCUT2D eigenvalue weighted by atomic mass is 19.1. The van der Waals surface area contributed by atoms with E-state index in [0.29, 0.717) is 41.4 Å². The summed E-state index contributed by atoms with van der Waals surface area (Å²) >= 11 is 0. The van der Waals surface area contributed by atoms with Crippen molar-refractivity contribution in [3.05, 3.63) is 143 Å². The van der Waals surface area contributed by atoms with Gasteiger partial charge in [-0.25, -0.2) is 4.39 Å². The van der Waals surface area contributed by atoms with Crippen LogP contribution in [-0.2, 0) is 34.1 Å². The topological polar surface area (TPSA) is 129 Å². The smallest absolute Gasteiger partial charge is 0.239 e. The number of hydrogen-bond acceptors (Lipinski definition) is 10. The van der Waals surface area contributed by atoms with E-state index in [4.69, 9.17) is 33.7 Å². The van der Waals surface area contributed by atoms with Gasteiger partial charge in [0.1, 0.15) is 36.6 Å². The Morgan fingerprint density at radius 1 is 0.877 bits per heavy atom. The van der Waals surface area contributed by atoms with Gasteiger partial charge in [-0.1, -0.05) is 84.7 Å². The monoisotopic (exact) mass is 886 g/mol. The lowest BCUT2D eigenvalue weighted by Crippen LogP contribution is -2.70. The lowest BCUT2D eigenvalue weighted by atomic mass is 9.55. The van der Waals surface area contributed by atoms with E-state index in [1.54, 1.807) is 24.3 Å². The van der Waals surface area contributed by atoms with Gasteiger partial charge in [-0.15, -0.1) is 6.58 Å². The zero-order valence-corrected chi connectivity index (χ0v) is 36.8. The molecule has 2 aliphatic heterocycles. The summed E-state index contributed by atoms with van der Waals surface area (Å²) < 4.78 is 47.3. The van der Waals surface area contributed by atoms with E-state index in [-0.39, 0.29) is 88.2 Å². The van der Waals surface area contributed by atoms with Crippen molar-refractivity contribution < 1.29 is 47.9 Å². The van der Waals surface area contributed by atoms with Gasteiger partial charge in [0.2, 0.25) is 18.5 Å². The predicted molar refractivity (Wildman–Crippen MR) is 243 cm³/mol. The van der Waals surface area contributed by atoms with Crippen LogP contribution in [0.25, 0.3) is 0 Å². The van der Waals surface area contributed by atoms with Gasteiger partial charge < -0.3 is 43.6 Å². The van der Waals surface area contributed by atoms with Crippen LogP contribution in [-0.4, -0.2) is 65.2 Å². The highest BCUT2D eigenvalue weighted by molar-refractivity contribution is 6.03. The van der Waals surface area contributed by atoms with Crippen molar-refractivity contribution in [3.8, 4) is 23.0 Å². The summed E-state index contributed by atoms with van der Waals surface area (Å²) in [5.74, 6) is -0.0636. The number of nitrogens with zero attached hydrogens (tertiary/aromatic N) is 2. The Bertz CT molecular complexity index is 2370. The number of fused-ring (bicyclic) bond motifs is 3. The van der Waals surface area contributed by atoms with E-state index in [2.05, 4.69) is 12.7 Å². The fraction of sp³-hybridized carbons (Fsp3) is 0.434. The first kappa shape index (κ1) is 44.5. The Morgan fingerprint density at radius 3 is 2.43 bits per heavy atom. The molecule has 0 radical (unpaired) electrons. The molecule has 4 aromatic rings. The molecule has 11 nitrogen and oxygen atoms in total. The molecular weight excluding hydrogens is 828 g/mol. The number of aliphatic hydroxyl groups excluding tert-OH is 2. The molecule has 0 spiro atoms. The number of carbonyl (C=O) groups excluding carboxylic acids is 1. The van der Waals surface area contributed by atoms with Crippen molar-refractivity contribution in [2.45, 2.75) is 95.3 Å². The molecule has 1 amide bonds. The van der Waals surface area contributed by atoms with Gasteiger partial charge in [-0.3, -0.25) is 4.79 Å². The number of rotatable bonds is 21. The predicted octanol–water partition coefficient (Wildman–Crippen LogP) is 9.41. The Morgan fingerprint density at radius 2 is 1.65 bits per heavy atom. The molecule has 0 aromatic heterocycles. The van der Waals surface area contributed by atoms with Crippen molar-refractivity contribution in [2.24, 2.45) is 28.8 Å². The van der Waals surface area contributed by atoms with Gasteiger partial charge in [-0.2, -0.15) is 0 Å². The molecule has 3 aliphatic carbocycles. The normalized spacial score (nSPS) is 24.3. The van der Waals surface area contributed by atoms with Gasteiger partial charge in [0, 0.05) is 49.1 Å². The van der Waals surface area contributed by atoms with Gasteiger partial charge in [0.25, 0.3) is 0 Å². The number of carbonyl (C=O) groups is 1. The highest BCUT2D eigenvalue weighted by Gasteiger charge is 2.66. The molecule has 4 aromatic carbocycles. The summed E-state index contributed by atoms with van der Waals surface area (Å²) in [5, 5.41) is 25.0. The number of allylic oxidation sites excluding steroid dienone is 1. The van der Waals surface area contributed by atoms with Crippen LogP contribution >= 0.6 is 0 Å². The van der Waals surface area contributed by atoms with Gasteiger partial charge in [0.15, 0.2) is 11.5 Å². The van der Waals surface area contributed by atoms with Crippen LogP contribution in [0.4, 0.5) is 4.39 Å². The highest BCUT2D eigenvalue weighted by Crippen LogP contribution is 2.62. The molecular formula is C53H59FN2O9. The SMILES string of the molecule is C=CCOC12Oc3ccc(OCc4ccccc4F)cc3C3C(CCCCO)C(CCCCO)C=C(C(=NOCc4ccccc4)CC1N(Cc1ccc4c(c1)OCO4)C(=O)C1CC1)C32. The van der Waals surface area contributed by atoms with Crippen molar-refractivity contribution in [3.63, 3.8) is 0 Å². The number of amides is 1. The molecule has 6 atom stereocenters. The van der Waals surface area contributed by atoms with E-state index < -0.39 is 17.7 Å². The van der Waals surface area contributed by atoms with Crippen LogP contribution < -0.4 is 18.9 Å². The van der Waals surface area contributed by atoms with E-state index in [1.165, 1.54) is 6.07 Å². The minimum atomic E-state index is -1.42. The lowest BCUT2D eigenvalue weighted by Gasteiger charge is -2.60. The van der Waals surface area contributed by atoms with Gasteiger partial charge in [0.05, 0.1) is 18.2 Å². The average Bonchev–Trinajstić information content (AvgIpc) is 4.08. The van der Waals surface area contributed by atoms with Crippen molar-refractivity contribution in [1.82, 2.24) is 4.90 Å². The summed E-state index contributed by atoms with van der Waals surface area (Å²) in [7, 11) is 0. The third-order valence-corrected chi connectivity index (χ3v) is 13.6. The van der Waals surface area contributed by atoms with Crippen LogP contribution in [0.5, 0.6) is 23.0 Å². The molecule has 6 unspecified atom stereocenters. The number of hydrogen-bond donors (Lipinski definition) is 2. The van der Waals surface area contributed by atoms with Gasteiger partial charge >= 0.3 is 0 Å². The molecule has 9 rings (SSSR count). The molecule has 5 aliphatic rings. The molecule has 342 valence electrons. The molecule has 65 heavy (non-hydrogen) atoms. The van der Waals surface area contributed by atoms with Crippen LogP contribution in [0, 0.1) is 29.5 Å². The maximum absolute atomic E-state index is 15.0. The van der Waals surface area contributed by atoms with Crippen molar-refractivity contribution in [2.75, 3.05) is 26.6 Å². The standard InChI is InChI=1S/C53H59FN2O9/c1-2-26-63-53-49(56(52(59)37-19-20-37)31-36-18-22-47-48(27-36)62-34-61-47)30-45(55-64-32-35-12-4-3-5-13-35)42-28-38(14-8-10-24-57)41(16-9-11-25-58)50(51(42)53)43-29-40(21-23-46(43)65-53)60-33-39-15-6-7-17-44(39)54/h2-7,12-13,15,17-18,21-23,27-29,37-38,41,49-51,57-58H,1,8-11,14,16,19-20,24-26,30-34H2. The molecule has 0 bridgehead atoms. The molecule has 2 fully saturated rings. The first-order valence-electron chi connectivity index (χ1n) is 23.2. The maximum Gasteiger partial charge on any atom is 0.239 e. The third-order valence-electron chi connectivity index (χ3n) is 13.6. The van der Waals surface area contributed by atoms with Crippen LogP contribution in [0.2, 0.25) is 0 Å². The lowest BCUT2D eigenvalue weighted by molar-refractivity contribution is -0.258. The van der Waals surface area contributed by atoms with Crippen LogP contribution in [0.15, 0.2) is 120 Å². The zero-order chi connectivity index (χ0) is 44.8. The Labute approximate surface area is 380 Å². The first-order valence-corrected chi connectivity index (χ1v) is 23.2. The summed E-state index contributed by atoms with van der Waals surface area (Å²) in [6.45, 7) is 5.07. The summed E-state index contributed by atoms with van der Waals surface area (Å²) in [6.07, 6.45) is 10.4. The third kappa shape index (κ3) is 9.53. The Kier molecular flexibility index (Phi) is 13.8. The fourth-order valence-corrected chi connectivity index (χ4v) is 10.4. The second-order valence-electron chi connectivity index (χ2n) is 17.8. The number of unbranched alkanes of at least 4 members (excludes halogenated alkanes) is 2. The van der Waals surface area contributed by atoms with Crippen LogP contribution in [0.1, 0.15) is 86.0 Å². The van der Waals surface area contributed by atoms with Crippen LogP contribution in [0.3, 0.4) is 0 Å². The Balaban J connectivity index is 1.22. The number of oxime groups is 1. The van der Waals surface area contributed by atoms with E-state index in [1.807, 2.05) is 71.6 Å². The maximum atomic E-state index is 15.0. The van der Waals surface area contributed by atoms with E-state index >= 15 is 0 Å². The Hall–Kier alpha value is -5.69. The molecule has 2 heterocycles. The number of halogens is 1. The average molecular weight is 887 g/mol. The van der Waals surface area contributed by atoms with E-state index in [0.717, 1.165) is 66.5 Å². The summed E-state index contributed by atoms with van der Waals surface area (Å²) in [6, 6.07) is 27.4.